The van der Waals surface area contributed by atoms with Gasteiger partial charge in [-0.05, 0) is 80.1 Å². The Hall–Kier alpha value is -3.44. The fraction of sp³-hybridized carbons (Fsp3) is 0.208. The van der Waals surface area contributed by atoms with Gasteiger partial charge < -0.3 is 14.8 Å². The fourth-order valence-electron chi connectivity index (χ4n) is 3.08. The van der Waals surface area contributed by atoms with Crippen LogP contribution in [0.15, 0.2) is 65.6 Å². The lowest BCUT2D eigenvalue weighted by Gasteiger charge is -2.14. The minimum Gasteiger partial charge on any atom is -0.494 e. The largest absolute Gasteiger partial charge is 0.494 e. The molecule has 0 aliphatic heterocycles. The predicted molar refractivity (Wildman–Crippen MR) is 130 cm³/mol. The molecule has 0 unspecified atom stereocenters. The number of nitrogens with one attached hydrogen (secondary N) is 2. The van der Waals surface area contributed by atoms with Crippen molar-refractivity contribution in [2.24, 2.45) is 0 Å². The Kier molecular flexibility index (Phi) is 8.36. The molecule has 0 atom stereocenters. The smallest absolute Gasteiger partial charge is 0.416 e. The molecule has 0 aromatic heterocycles. The molecule has 12 heteroatoms. The molecule has 36 heavy (non-hydrogen) atoms. The van der Waals surface area contributed by atoms with Crippen molar-refractivity contribution < 1.29 is 35.9 Å². The van der Waals surface area contributed by atoms with Crippen LogP contribution in [0.25, 0.3) is 0 Å². The van der Waals surface area contributed by atoms with Gasteiger partial charge in [0.25, 0.3) is 15.9 Å². The molecule has 0 aliphatic rings. The number of sulfonamides is 1. The van der Waals surface area contributed by atoms with Gasteiger partial charge in [-0.3, -0.25) is 9.52 Å². The van der Waals surface area contributed by atoms with Crippen LogP contribution >= 0.6 is 11.6 Å². The number of rotatable bonds is 9. The Balaban J connectivity index is 1.64. The standard InChI is InChI=1S/C24H22ClF3N2O5S/c1-3-34-18-7-5-17(6-8-18)30-36(32,33)19-9-11-22(15(2)12-19)35-14-23(31)29-21-13-16(24(26,27)28)4-10-20(21)25/h4-13,30H,3,14H2,1-2H3,(H,29,31). The van der Waals surface area contributed by atoms with Gasteiger partial charge in [-0.2, -0.15) is 13.2 Å². The van der Waals surface area contributed by atoms with Gasteiger partial charge in [0.15, 0.2) is 6.61 Å². The Morgan fingerprint density at radius 3 is 2.31 bits per heavy atom. The Morgan fingerprint density at radius 1 is 1.00 bits per heavy atom. The second-order valence-corrected chi connectivity index (χ2v) is 9.61. The van der Waals surface area contributed by atoms with E-state index in [4.69, 9.17) is 21.1 Å². The van der Waals surface area contributed by atoms with Crippen LogP contribution in [0.5, 0.6) is 11.5 Å². The summed E-state index contributed by atoms with van der Waals surface area (Å²) in [4.78, 5) is 12.2. The Bertz CT molecular complexity index is 1350. The molecule has 3 rings (SSSR count). The quantitative estimate of drug-likeness (QED) is 0.352. The molecule has 0 heterocycles. The summed E-state index contributed by atoms with van der Waals surface area (Å²) in [6, 6.07) is 13.0. The number of hydrogen-bond acceptors (Lipinski definition) is 5. The van der Waals surface area contributed by atoms with Gasteiger partial charge >= 0.3 is 6.18 Å². The van der Waals surface area contributed by atoms with E-state index < -0.39 is 34.3 Å². The van der Waals surface area contributed by atoms with Crippen molar-refractivity contribution in [1.82, 2.24) is 0 Å². The van der Waals surface area contributed by atoms with Crippen molar-refractivity contribution in [2.45, 2.75) is 24.9 Å². The van der Waals surface area contributed by atoms with Gasteiger partial charge in [0.05, 0.1) is 27.8 Å². The zero-order valence-corrected chi connectivity index (χ0v) is 20.7. The lowest BCUT2D eigenvalue weighted by atomic mass is 10.2. The molecule has 2 N–H and O–H groups in total. The Morgan fingerprint density at radius 2 is 1.69 bits per heavy atom. The molecular formula is C24H22ClF3N2O5S. The average molecular weight is 543 g/mol. The highest BCUT2D eigenvalue weighted by Gasteiger charge is 2.31. The van der Waals surface area contributed by atoms with Crippen molar-refractivity contribution >= 4 is 38.9 Å². The third-order valence-electron chi connectivity index (χ3n) is 4.80. The zero-order chi connectivity index (χ0) is 26.5. The molecule has 0 radical (unpaired) electrons. The van der Waals surface area contributed by atoms with E-state index in [1.807, 2.05) is 6.92 Å². The lowest BCUT2D eigenvalue weighted by Crippen LogP contribution is -2.21. The van der Waals surface area contributed by atoms with Crippen molar-refractivity contribution in [3.8, 4) is 11.5 Å². The van der Waals surface area contributed by atoms with E-state index in [0.717, 1.165) is 18.2 Å². The van der Waals surface area contributed by atoms with Gasteiger partial charge in [-0.1, -0.05) is 11.6 Å². The van der Waals surface area contributed by atoms with Crippen LogP contribution in [0, 0.1) is 6.92 Å². The maximum atomic E-state index is 12.9. The van der Waals surface area contributed by atoms with Crippen LogP contribution in [0.3, 0.4) is 0 Å². The highest BCUT2D eigenvalue weighted by Crippen LogP contribution is 2.34. The average Bonchev–Trinajstić information content (AvgIpc) is 2.80. The van der Waals surface area contributed by atoms with Crippen molar-refractivity contribution in [3.05, 3.63) is 76.8 Å². The lowest BCUT2D eigenvalue weighted by molar-refractivity contribution is -0.137. The highest BCUT2D eigenvalue weighted by atomic mass is 35.5. The van der Waals surface area contributed by atoms with Gasteiger partial charge in [0.2, 0.25) is 0 Å². The first kappa shape index (κ1) is 27.2. The summed E-state index contributed by atoms with van der Waals surface area (Å²) < 4.78 is 77.4. The molecule has 0 aliphatic carbocycles. The van der Waals surface area contributed by atoms with E-state index in [0.29, 0.717) is 23.6 Å². The number of carbonyl (C=O) groups is 1. The number of halogens is 4. The molecule has 0 spiro atoms. The van der Waals surface area contributed by atoms with E-state index in [1.54, 1.807) is 31.2 Å². The third kappa shape index (κ3) is 7.05. The van der Waals surface area contributed by atoms with Crippen LogP contribution in [0.4, 0.5) is 24.5 Å². The van der Waals surface area contributed by atoms with Gasteiger partial charge in [-0.15, -0.1) is 0 Å². The second kappa shape index (κ2) is 11.1. The zero-order valence-electron chi connectivity index (χ0n) is 19.1. The summed E-state index contributed by atoms with van der Waals surface area (Å²) >= 11 is 5.88. The van der Waals surface area contributed by atoms with Crippen LogP contribution in [0.2, 0.25) is 5.02 Å². The molecule has 7 nitrogen and oxygen atoms in total. The van der Waals surface area contributed by atoms with E-state index in [1.165, 1.54) is 18.2 Å². The van der Waals surface area contributed by atoms with Crippen LogP contribution in [-0.2, 0) is 21.0 Å². The van der Waals surface area contributed by atoms with Crippen LogP contribution < -0.4 is 19.5 Å². The molecule has 192 valence electrons. The molecule has 3 aromatic rings. The molecule has 3 aromatic carbocycles. The first-order valence-electron chi connectivity index (χ1n) is 10.5. The molecular weight excluding hydrogens is 521 g/mol. The normalized spacial score (nSPS) is 11.6. The number of amides is 1. The maximum Gasteiger partial charge on any atom is 0.416 e. The molecule has 0 saturated heterocycles. The summed E-state index contributed by atoms with van der Waals surface area (Å²) in [6.45, 7) is 3.38. The van der Waals surface area contributed by atoms with Gasteiger partial charge in [0, 0.05) is 5.69 Å². The van der Waals surface area contributed by atoms with E-state index in [9.17, 15) is 26.4 Å². The van der Waals surface area contributed by atoms with Gasteiger partial charge in [-0.25, -0.2) is 8.42 Å². The minimum absolute atomic E-state index is 0.0265. The SMILES string of the molecule is CCOc1ccc(NS(=O)(=O)c2ccc(OCC(=O)Nc3cc(C(F)(F)F)ccc3Cl)c(C)c2)cc1. The van der Waals surface area contributed by atoms with Crippen LogP contribution in [-0.4, -0.2) is 27.5 Å². The third-order valence-corrected chi connectivity index (χ3v) is 6.51. The highest BCUT2D eigenvalue weighted by molar-refractivity contribution is 7.92. The van der Waals surface area contributed by atoms with Gasteiger partial charge in [0.1, 0.15) is 11.5 Å². The topological polar surface area (TPSA) is 93.7 Å². The minimum atomic E-state index is -4.60. The molecule has 0 saturated carbocycles. The number of hydrogen-bond donors (Lipinski definition) is 2. The number of alkyl halides is 3. The number of carbonyl (C=O) groups excluding carboxylic acids is 1. The van der Waals surface area contributed by atoms with Crippen molar-refractivity contribution in [3.63, 3.8) is 0 Å². The maximum absolute atomic E-state index is 12.9. The van der Waals surface area contributed by atoms with Crippen molar-refractivity contribution in [1.29, 1.82) is 0 Å². The van der Waals surface area contributed by atoms with Crippen molar-refractivity contribution in [2.75, 3.05) is 23.3 Å². The summed E-state index contributed by atoms with van der Waals surface area (Å²) in [7, 11) is -3.90. The number of anilines is 2. The molecule has 0 fully saturated rings. The molecule has 1 amide bonds. The fourth-order valence-corrected chi connectivity index (χ4v) is 4.39. The van der Waals surface area contributed by atoms with E-state index in [-0.39, 0.29) is 21.4 Å². The van der Waals surface area contributed by atoms with E-state index >= 15 is 0 Å². The second-order valence-electron chi connectivity index (χ2n) is 7.52. The number of ether oxygens (including phenoxy) is 2. The number of aryl methyl sites for hydroxylation is 1. The first-order valence-corrected chi connectivity index (χ1v) is 12.4. The summed E-state index contributed by atoms with van der Waals surface area (Å²) in [5, 5.41) is 2.21. The van der Waals surface area contributed by atoms with Crippen LogP contribution in [0.1, 0.15) is 18.1 Å². The predicted octanol–water partition coefficient (Wildman–Crippen LogP) is 5.88. The summed E-state index contributed by atoms with van der Waals surface area (Å²) in [5.74, 6) is 0.0851. The first-order chi connectivity index (χ1) is 16.9. The number of benzene rings is 3. The monoisotopic (exact) mass is 542 g/mol. The summed E-state index contributed by atoms with van der Waals surface area (Å²) in [5.41, 5.74) is -0.399. The Labute approximate surface area is 211 Å². The molecule has 0 bridgehead atoms. The summed E-state index contributed by atoms with van der Waals surface area (Å²) in [6.07, 6.45) is -4.60. The van der Waals surface area contributed by atoms with E-state index in [2.05, 4.69) is 10.0 Å².